The van der Waals surface area contributed by atoms with Gasteiger partial charge in [-0.3, -0.25) is 4.98 Å². The SMILES string of the molecule is CCOC(=O)c1cc(-c2ccc(-c3ccc(OCc4ccccc4)cc3)c(C#N)c2)ncc1OCOC. The first-order valence-electron chi connectivity index (χ1n) is 11.7. The van der Waals surface area contributed by atoms with Gasteiger partial charge in [0.2, 0.25) is 0 Å². The first-order valence-corrected chi connectivity index (χ1v) is 11.7. The van der Waals surface area contributed by atoms with Crippen molar-refractivity contribution in [3.8, 4) is 40.0 Å². The Bertz CT molecular complexity index is 1400. The Morgan fingerprint density at radius 1 is 0.946 bits per heavy atom. The lowest BCUT2D eigenvalue weighted by molar-refractivity contribution is 0.0436. The minimum atomic E-state index is -0.524. The van der Waals surface area contributed by atoms with Gasteiger partial charge in [-0.15, -0.1) is 0 Å². The lowest BCUT2D eigenvalue weighted by Gasteiger charge is -2.12. The van der Waals surface area contributed by atoms with E-state index in [2.05, 4.69) is 11.1 Å². The molecule has 186 valence electrons. The number of ether oxygens (including phenoxy) is 4. The van der Waals surface area contributed by atoms with Gasteiger partial charge in [-0.1, -0.05) is 54.6 Å². The van der Waals surface area contributed by atoms with E-state index in [0.717, 1.165) is 22.4 Å². The van der Waals surface area contributed by atoms with Crippen molar-refractivity contribution < 1.29 is 23.7 Å². The third-order valence-electron chi connectivity index (χ3n) is 5.54. The lowest BCUT2D eigenvalue weighted by atomic mass is 9.96. The van der Waals surface area contributed by atoms with E-state index in [1.54, 1.807) is 19.1 Å². The molecule has 0 N–H and O–H groups in total. The maximum atomic E-state index is 12.5. The zero-order valence-corrected chi connectivity index (χ0v) is 20.6. The summed E-state index contributed by atoms with van der Waals surface area (Å²) >= 11 is 0. The second-order valence-electron chi connectivity index (χ2n) is 8.01. The number of rotatable bonds is 10. The van der Waals surface area contributed by atoms with Crippen molar-refractivity contribution in [3.05, 3.63) is 102 Å². The average Bonchev–Trinajstić information content (AvgIpc) is 2.95. The largest absolute Gasteiger partial charge is 0.489 e. The van der Waals surface area contributed by atoms with E-state index < -0.39 is 5.97 Å². The molecule has 7 nitrogen and oxygen atoms in total. The minimum Gasteiger partial charge on any atom is -0.489 e. The van der Waals surface area contributed by atoms with Crippen LogP contribution in [0.5, 0.6) is 11.5 Å². The molecule has 3 aromatic carbocycles. The van der Waals surface area contributed by atoms with E-state index in [9.17, 15) is 10.1 Å². The van der Waals surface area contributed by atoms with Crippen LogP contribution in [0.2, 0.25) is 0 Å². The normalized spacial score (nSPS) is 10.4. The fourth-order valence-electron chi connectivity index (χ4n) is 3.73. The van der Waals surface area contributed by atoms with Crippen LogP contribution in [0.25, 0.3) is 22.4 Å². The number of pyridine rings is 1. The molecule has 0 atom stereocenters. The molecule has 0 aliphatic heterocycles. The van der Waals surface area contributed by atoms with Crippen LogP contribution in [0.3, 0.4) is 0 Å². The van der Waals surface area contributed by atoms with Gasteiger partial charge >= 0.3 is 5.97 Å². The summed E-state index contributed by atoms with van der Waals surface area (Å²) in [6.07, 6.45) is 1.45. The predicted molar refractivity (Wildman–Crippen MR) is 139 cm³/mol. The van der Waals surface area contributed by atoms with Crippen LogP contribution in [-0.4, -0.2) is 31.5 Å². The topological polar surface area (TPSA) is 90.7 Å². The summed E-state index contributed by atoms with van der Waals surface area (Å²) in [5.41, 5.74) is 4.68. The highest BCUT2D eigenvalue weighted by Gasteiger charge is 2.17. The van der Waals surface area contributed by atoms with Gasteiger partial charge in [0, 0.05) is 12.7 Å². The molecule has 0 bridgehead atoms. The molecule has 1 heterocycles. The first kappa shape index (κ1) is 25.4. The van der Waals surface area contributed by atoms with Crippen molar-refractivity contribution in [1.29, 1.82) is 5.26 Å². The van der Waals surface area contributed by atoms with Crippen molar-refractivity contribution in [3.63, 3.8) is 0 Å². The van der Waals surface area contributed by atoms with Crippen molar-refractivity contribution in [1.82, 2.24) is 4.98 Å². The number of esters is 1. The molecule has 7 heteroatoms. The van der Waals surface area contributed by atoms with E-state index >= 15 is 0 Å². The highest BCUT2D eigenvalue weighted by atomic mass is 16.7. The molecular weight excluding hydrogens is 468 g/mol. The summed E-state index contributed by atoms with van der Waals surface area (Å²) in [5.74, 6) is 0.480. The second-order valence-corrected chi connectivity index (χ2v) is 8.01. The van der Waals surface area contributed by atoms with Crippen LogP contribution in [0.4, 0.5) is 0 Å². The molecule has 0 saturated carbocycles. The van der Waals surface area contributed by atoms with Crippen molar-refractivity contribution in [2.24, 2.45) is 0 Å². The third-order valence-corrected chi connectivity index (χ3v) is 5.54. The van der Waals surface area contributed by atoms with E-state index in [1.807, 2.05) is 66.7 Å². The zero-order valence-electron chi connectivity index (χ0n) is 20.6. The number of benzene rings is 3. The Hall–Kier alpha value is -4.67. The summed E-state index contributed by atoms with van der Waals surface area (Å²) in [5, 5.41) is 9.87. The Balaban J connectivity index is 1.57. The maximum absolute atomic E-state index is 12.5. The number of nitrogens with zero attached hydrogens (tertiary/aromatic N) is 2. The monoisotopic (exact) mass is 494 g/mol. The molecule has 4 rings (SSSR count). The van der Waals surface area contributed by atoms with Gasteiger partial charge in [0.15, 0.2) is 12.5 Å². The van der Waals surface area contributed by atoms with Crippen LogP contribution >= 0.6 is 0 Å². The number of aromatic nitrogens is 1. The Kier molecular flexibility index (Phi) is 8.48. The molecule has 0 aliphatic carbocycles. The summed E-state index contributed by atoms with van der Waals surface area (Å²) in [7, 11) is 1.49. The highest BCUT2D eigenvalue weighted by molar-refractivity contribution is 5.93. The van der Waals surface area contributed by atoms with Crippen LogP contribution in [0.1, 0.15) is 28.4 Å². The van der Waals surface area contributed by atoms with Crippen molar-refractivity contribution in [2.45, 2.75) is 13.5 Å². The molecule has 4 aromatic rings. The molecule has 0 spiro atoms. The van der Waals surface area contributed by atoms with E-state index in [0.29, 0.717) is 23.4 Å². The van der Waals surface area contributed by atoms with E-state index in [4.69, 9.17) is 18.9 Å². The summed E-state index contributed by atoms with van der Waals surface area (Å²) in [6.45, 7) is 2.41. The maximum Gasteiger partial charge on any atom is 0.342 e. The number of carbonyl (C=O) groups is 1. The summed E-state index contributed by atoms with van der Waals surface area (Å²) in [4.78, 5) is 16.9. The second kappa shape index (κ2) is 12.3. The van der Waals surface area contributed by atoms with Crippen LogP contribution in [-0.2, 0) is 16.1 Å². The number of carbonyl (C=O) groups excluding carboxylic acids is 1. The van der Waals surface area contributed by atoms with Crippen LogP contribution in [0, 0.1) is 11.3 Å². The third kappa shape index (κ3) is 6.31. The predicted octanol–water partition coefficient (Wildman–Crippen LogP) is 6.03. The summed E-state index contributed by atoms with van der Waals surface area (Å²) in [6, 6.07) is 26.9. The Labute approximate surface area is 215 Å². The quantitative estimate of drug-likeness (QED) is 0.196. The van der Waals surface area contributed by atoms with Crippen LogP contribution < -0.4 is 9.47 Å². The first-order chi connectivity index (χ1) is 18.1. The molecule has 0 saturated heterocycles. The Morgan fingerprint density at radius 3 is 2.41 bits per heavy atom. The molecule has 1 aromatic heterocycles. The highest BCUT2D eigenvalue weighted by Crippen LogP contribution is 2.31. The van der Waals surface area contributed by atoms with E-state index in [1.165, 1.54) is 13.3 Å². The average molecular weight is 495 g/mol. The number of hydrogen-bond acceptors (Lipinski definition) is 7. The number of hydrogen-bond donors (Lipinski definition) is 0. The molecule has 0 radical (unpaired) electrons. The fraction of sp³-hybridized carbons (Fsp3) is 0.167. The van der Waals surface area contributed by atoms with Gasteiger partial charge in [0.1, 0.15) is 17.9 Å². The smallest absolute Gasteiger partial charge is 0.342 e. The van der Waals surface area contributed by atoms with Gasteiger partial charge in [0.05, 0.1) is 30.1 Å². The minimum absolute atomic E-state index is 0.0310. The Morgan fingerprint density at radius 2 is 1.70 bits per heavy atom. The van der Waals surface area contributed by atoms with Crippen molar-refractivity contribution >= 4 is 5.97 Å². The van der Waals surface area contributed by atoms with E-state index in [-0.39, 0.29) is 24.7 Å². The molecular formula is C30H26N2O5. The lowest BCUT2D eigenvalue weighted by Crippen LogP contribution is -2.10. The molecule has 0 unspecified atom stereocenters. The van der Waals surface area contributed by atoms with Gasteiger partial charge in [0.25, 0.3) is 0 Å². The number of methoxy groups -OCH3 is 1. The molecule has 0 amide bonds. The number of nitriles is 1. The van der Waals surface area contributed by atoms with Gasteiger partial charge in [-0.05, 0) is 47.9 Å². The standard InChI is InChI=1S/C30H26N2O5/c1-3-35-30(33)27-16-28(32-18-29(27)37-20-34-2)23-11-14-26(24(15-23)17-31)22-9-12-25(13-10-22)36-19-21-7-5-4-6-8-21/h4-16,18H,3,19-20H2,1-2H3. The molecule has 0 aliphatic rings. The van der Waals surface area contributed by atoms with Gasteiger partial charge in [-0.25, -0.2) is 4.79 Å². The molecule has 37 heavy (non-hydrogen) atoms. The summed E-state index contributed by atoms with van der Waals surface area (Å²) < 4.78 is 21.4. The van der Waals surface area contributed by atoms with Crippen LogP contribution in [0.15, 0.2) is 85.1 Å². The van der Waals surface area contributed by atoms with Gasteiger partial charge < -0.3 is 18.9 Å². The molecule has 0 fully saturated rings. The van der Waals surface area contributed by atoms with Gasteiger partial charge in [-0.2, -0.15) is 5.26 Å². The van der Waals surface area contributed by atoms with Crippen molar-refractivity contribution in [2.75, 3.05) is 20.5 Å². The fourth-order valence-corrected chi connectivity index (χ4v) is 3.73. The zero-order chi connectivity index (χ0) is 26.0.